The Balaban J connectivity index is 1.81. The van der Waals surface area contributed by atoms with Crippen molar-refractivity contribution in [2.24, 2.45) is 0 Å². The van der Waals surface area contributed by atoms with Crippen LogP contribution in [0.1, 0.15) is 11.5 Å². The molecule has 8 nitrogen and oxygen atoms in total. The number of furan rings is 1. The van der Waals surface area contributed by atoms with Gasteiger partial charge in [0.1, 0.15) is 17.4 Å². The van der Waals surface area contributed by atoms with Gasteiger partial charge in [0, 0.05) is 29.7 Å². The summed E-state index contributed by atoms with van der Waals surface area (Å²) in [6.07, 6.45) is 4.70. The molecule has 0 unspecified atom stereocenters. The molecule has 0 aliphatic heterocycles. The number of aromatic nitrogens is 1. The number of nitro benzene ring substituents is 1. The van der Waals surface area contributed by atoms with E-state index in [2.05, 4.69) is 5.32 Å². The topological polar surface area (TPSA) is 114 Å². The van der Waals surface area contributed by atoms with Gasteiger partial charge in [0.15, 0.2) is 0 Å². The normalized spacial score (nSPS) is 11.0. The molecule has 0 aliphatic rings. The molecule has 0 fully saturated rings. The van der Waals surface area contributed by atoms with Gasteiger partial charge in [-0.25, -0.2) is 0 Å². The van der Waals surface area contributed by atoms with E-state index in [0.29, 0.717) is 17.1 Å². The summed E-state index contributed by atoms with van der Waals surface area (Å²) < 4.78 is 6.86. The molecule has 1 N–H and O–H groups in total. The average Bonchev–Trinajstić information content (AvgIpc) is 3.36. The number of nitro groups is 1. The standard InChI is InChI=1S/C19H14N4O4/c20-12-14(19(24)21-13-18-4-2-10-27-18)11-17-3-1-9-22(17)15-5-7-16(8-6-15)23(25)26/h1-11H,13H2,(H,21,24). The molecule has 0 radical (unpaired) electrons. The molecule has 1 aromatic carbocycles. The molecule has 1 amide bonds. The summed E-state index contributed by atoms with van der Waals surface area (Å²) in [6, 6.07) is 14.8. The molecule has 27 heavy (non-hydrogen) atoms. The summed E-state index contributed by atoms with van der Waals surface area (Å²) in [5.74, 6) is 0.0558. The number of carbonyl (C=O) groups excluding carboxylic acids is 1. The van der Waals surface area contributed by atoms with E-state index >= 15 is 0 Å². The molecule has 8 heteroatoms. The molecule has 0 atom stereocenters. The Morgan fingerprint density at radius 2 is 2.04 bits per heavy atom. The SMILES string of the molecule is N#CC(=Cc1cccn1-c1ccc([N+](=O)[O-])cc1)C(=O)NCc1ccco1. The number of hydrogen-bond acceptors (Lipinski definition) is 5. The quantitative estimate of drug-likeness (QED) is 0.313. The molecule has 0 saturated heterocycles. The predicted octanol–water partition coefficient (Wildman–Crippen LogP) is 3.20. The van der Waals surface area contributed by atoms with Gasteiger partial charge in [-0.05, 0) is 42.5 Å². The van der Waals surface area contributed by atoms with Gasteiger partial charge >= 0.3 is 0 Å². The summed E-state index contributed by atoms with van der Waals surface area (Å²) in [7, 11) is 0. The summed E-state index contributed by atoms with van der Waals surface area (Å²) in [5, 5.41) is 22.7. The van der Waals surface area contributed by atoms with E-state index in [1.54, 1.807) is 47.2 Å². The number of nitrogens with one attached hydrogen (secondary N) is 1. The number of non-ortho nitro benzene ring substituents is 1. The van der Waals surface area contributed by atoms with Crippen LogP contribution in [0, 0.1) is 21.4 Å². The maximum Gasteiger partial charge on any atom is 0.269 e. The Kier molecular flexibility index (Phi) is 5.14. The maximum absolute atomic E-state index is 12.2. The Bertz CT molecular complexity index is 1020. The first-order valence-electron chi connectivity index (χ1n) is 7.93. The van der Waals surface area contributed by atoms with E-state index in [-0.39, 0.29) is 17.8 Å². The molecule has 2 aromatic heterocycles. The van der Waals surface area contributed by atoms with Crippen LogP contribution in [0.2, 0.25) is 0 Å². The van der Waals surface area contributed by atoms with Crippen LogP contribution >= 0.6 is 0 Å². The van der Waals surface area contributed by atoms with Crippen LogP contribution in [0.15, 0.2) is 71.0 Å². The van der Waals surface area contributed by atoms with Crippen LogP contribution in [0.4, 0.5) is 5.69 Å². The van der Waals surface area contributed by atoms with Gasteiger partial charge in [0.2, 0.25) is 0 Å². The molecule has 0 saturated carbocycles. The highest BCUT2D eigenvalue weighted by molar-refractivity contribution is 6.01. The second-order valence-electron chi connectivity index (χ2n) is 5.51. The zero-order chi connectivity index (χ0) is 19.2. The molecule has 3 rings (SSSR count). The summed E-state index contributed by atoms with van der Waals surface area (Å²) in [4.78, 5) is 22.5. The Hall–Kier alpha value is -4.12. The number of hydrogen-bond donors (Lipinski definition) is 1. The zero-order valence-corrected chi connectivity index (χ0v) is 14.0. The van der Waals surface area contributed by atoms with Crippen LogP contribution in [0.3, 0.4) is 0 Å². The Labute approximate surface area is 154 Å². The first-order valence-corrected chi connectivity index (χ1v) is 7.93. The largest absolute Gasteiger partial charge is 0.467 e. The molecule has 0 aliphatic carbocycles. The summed E-state index contributed by atoms with van der Waals surface area (Å²) in [6.45, 7) is 0.175. The minimum absolute atomic E-state index is 0.0157. The Morgan fingerprint density at radius 1 is 1.26 bits per heavy atom. The fraction of sp³-hybridized carbons (Fsp3) is 0.0526. The monoisotopic (exact) mass is 362 g/mol. The highest BCUT2D eigenvalue weighted by atomic mass is 16.6. The van der Waals surface area contributed by atoms with Gasteiger partial charge in [-0.2, -0.15) is 5.26 Å². The van der Waals surface area contributed by atoms with Gasteiger partial charge in [0.25, 0.3) is 11.6 Å². The molecule has 0 bridgehead atoms. The minimum Gasteiger partial charge on any atom is -0.467 e. The van der Waals surface area contributed by atoms with Crippen molar-refractivity contribution in [3.63, 3.8) is 0 Å². The minimum atomic E-state index is -0.523. The summed E-state index contributed by atoms with van der Waals surface area (Å²) in [5.41, 5.74) is 1.18. The van der Waals surface area contributed by atoms with Crippen molar-refractivity contribution in [3.05, 3.63) is 88.1 Å². The molecule has 3 aromatic rings. The predicted molar refractivity (Wildman–Crippen MR) is 96.6 cm³/mol. The molecular formula is C19H14N4O4. The fourth-order valence-electron chi connectivity index (χ4n) is 2.45. The first-order chi connectivity index (χ1) is 13.1. The number of nitriles is 1. The molecule has 0 spiro atoms. The second kappa shape index (κ2) is 7.84. The van der Waals surface area contributed by atoms with E-state index < -0.39 is 10.8 Å². The van der Waals surface area contributed by atoms with Gasteiger partial charge in [-0.1, -0.05) is 0 Å². The van der Waals surface area contributed by atoms with Crippen LogP contribution in [0.25, 0.3) is 11.8 Å². The molecule has 2 heterocycles. The van der Waals surface area contributed by atoms with E-state index in [9.17, 15) is 20.2 Å². The lowest BCUT2D eigenvalue weighted by Crippen LogP contribution is -2.23. The lowest BCUT2D eigenvalue weighted by atomic mass is 10.2. The van der Waals surface area contributed by atoms with E-state index in [0.717, 1.165) is 0 Å². The van der Waals surface area contributed by atoms with Crippen molar-refractivity contribution in [3.8, 4) is 11.8 Å². The number of rotatable bonds is 6. The molecule has 134 valence electrons. The van der Waals surface area contributed by atoms with Crippen LogP contribution in [-0.4, -0.2) is 15.4 Å². The third-order valence-electron chi connectivity index (χ3n) is 3.78. The Morgan fingerprint density at radius 3 is 2.67 bits per heavy atom. The fourth-order valence-corrected chi connectivity index (χ4v) is 2.45. The highest BCUT2D eigenvalue weighted by Crippen LogP contribution is 2.19. The van der Waals surface area contributed by atoms with Crippen molar-refractivity contribution >= 4 is 17.7 Å². The lowest BCUT2D eigenvalue weighted by molar-refractivity contribution is -0.384. The summed E-state index contributed by atoms with van der Waals surface area (Å²) >= 11 is 0. The van der Waals surface area contributed by atoms with Crippen LogP contribution in [0.5, 0.6) is 0 Å². The highest BCUT2D eigenvalue weighted by Gasteiger charge is 2.12. The number of amides is 1. The van der Waals surface area contributed by atoms with Gasteiger partial charge in [-0.3, -0.25) is 14.9 Å². The van der Waals surface area contributed by atoms with Crippen molar-refractivity contribution in [2.45, 2.75) is 6.54 Å². The maximum atomic E-state index is 12.2. The lowest BCUT2D eigenvalue weighted by Gasteiger charge is -2.07. The average molecular weight is 362 g/mol. The number of carbonyl (C=O) groups is 1. The third kappa shape index (κ3) is 4.11. The van der Waals surface area contributed by atoms with Gasteiger partial charge in [-0.15, -0.1) is 0 Å². The van der Waals surface area contributed by atoms with Crippen molar-refractivity contribution in [1.29, 1.82) is 5.26 Å². The van der Waals surface area contributed by atoms with E-state index in [4.69, 9.17) is 4.42 Å². The van der Waals surface area contributed by atoms with Gasteiger partial charge < -0.3 is 14.3 Å². The molecular weight excluding hydrogens is 348 g/mol. The van der Waals surface area contributed by atoms with Gasteiger partial charge in [0.05, 0.1) is 17.7 Å². The van der Waals surface area contributed by atoms with Crippen LogP contribution in [-0.2, 0) is 11.3 Å². The first kappa shape index (κ1) is 17.7. The van der Waals surface area contributed by atoms with Crippen molar-refractivity contribution in [1.82, 2.24) is 9.88 Å². The number of nitrogens with zero attached hydrogens (tertiary/aromatic N) is 3. The van der Waals surface area contributed by atoms with E-state index in [1.807, 2.05) is 6.07 Å². The smallest absolute Gasteiger partial charge is 0.269 e. The third-order valence-corrected chi connectivity index (χ3v) is 3.78. The van der Waals surface area contributed by atoms with Crippen molar-refractivity contribution < 1.29 is 14.1 Å². The second-order valence-corrected chi connectivity index (χ2v) is 5.51. The van der Waals surface area contributed by atoms with Crippen molar-refractivity contribution in [2.75, 3.05) is 0 Å². The van der Waals surface area contributed by atoms with E-state index in [1.165, 1.54) is 24.5 Å². The number of benzene rings is 1. The van der Waals surface area contributed by atoms with Crippen LogP contribution < -0.4 is 5.32 Å². The zero-order valence-electron chi connectivity index (χ0n) is 14.0.